The Bertz CT molecular complexity index is 2280. The molecule has 6 aromatic carbocycles. The van der Waals surface area contributed by atoms with E-state index in [-0.39, 0.29) is 0 Å². The molecule has 0 saturated heterocycles. The smallest absolute Gasteiger partial charge is 0.0385 e. The van der Waals surface area contributed by atoms with Gasteiger partial charge in [-0.25, -0.2) is 0 Å². The Hall–Kier alpha value is -6.28. The van der Waals surface area contributed by atoms with Crippen LogP contribution >= 0.6 is 0 Å². The van der Waals surface area contributed by atoms with E-state index in [0.717, 1.165) is 22.7 Å². The SMILES string of the molecule is CCCCCCC(C)Nc1ccc(NC(C)CCCCCC)cc1.CCCCCCC(C)Nc1ccc(NC(C)CCCCCC)cc1.c1cc(NC2CCCCC2)ccc1NC1CCCCC1.c1ccc(Nc2ccc(Nc3ccccc3)cc2)cc1. The Labute approximate surface area is 538 Å². The van der Waals surface area contributed by atoms with Crippen molar-refractivity contribution in [3.05, 3.63) is 158 Å². The third-order valence-electron chi connectivity index (χ3n) is 17.2. The van der Waals surface area contributed by atoms with Crippen molar-refractivity contribution < 1.29 is 0 Å². The molecular weight excluding hydrogens is 1070 g/mol. The summed E-state index contributed by atoms with van der Waals surface area (Å²) >= 11 is 0. The van der Waals surface area contributed by atoms with E-state index in [9.17, 15) is 0 Å². The van der Waals surface area contributed by atoms with Crippen molar-refractivity contribution in [3.63, 3.8) is 0 Å². The second-order valence-corrected chi connectivity index (χ2v) is 25.8. The zero-order chi connectivity index (χ0) is 62.5. The van der Waals surface area contributed by atoms with Gasteiger partial charge in [-0.05, 0) is 200 Å². The highest BCUT2D eigenvalue weighted by atomic mass is 14.9. The van der Waals surface area contributed by atoms with Crippen molar-refractivity contribution >= 4 is 56.9 Å². The highest BCUT2D eigenvalue weighted by Crippen LogP contribution is 2.27. The Morgan fingerprint density at radius 2 is 0.489 bits per heavy atom. The van der Waals surface area contributed by atoms with Crippen LogP contribution in [0.4, 0.5) is 56.9 Å². The molecule has 8 N–H and O–H groups in total. The van der Waals surface area contributed by atoms with Gasteiger partial charge in [0.25, 0.3) is 0 Å². The Kier molecular flexibility index (Phi) is 37.8. The molecule has 0 bridgehead atoms. The lowest BCUT2D eigenvalue weighted by atomic mass is 9.95. The van der Waals surface area contributed by atoms with Crippen LogP contribution in [0.25, 0.3) is 0 Å². The summed E-state index contributed by atoms with van der Waals surface area (Å²) in [6.07, 6.45) is 40.2. The fourth-order valence-corrected chi connectivity index (χ4v) is 11.9. The van der Waals surface area contributed by atoms with Gasteiger partial charge in [0.15, 0.2) is 0 Å². The van der Waals surface area contributed by atoms with E-state index in [2.05, 4.69) is 219 Å². The van der Waals surface area contributed by atoms with Gasteiger partial charge in [0, 0.05) is 93.1 Å². The van der Waals surface area contributed by atoms with Gasteiger partial charge in [0.2, 0.25) is 0 Å². The van der Waals surface area contributed by atoms with E-state index in [1.165, 1.54) is 227 Å². The summed E-state index contributed by atoms with van der Waals surface area (Å²) in [7, 11) is 0. The Balaban J connectivity index is 0.000000214. The van der Waals surface area contributed by atoms with Gasteiger partial charge in [-0.1, -0.05) is 205 Å². The fourth-order valence-electron chi connectivity index (χ4n) is 11.9. The minimum Gasteiger partial charge on any atom is -0.383 e. The summed E-state index contributed by atoms with van der Waals surface area (Å²) in [5.41, 5.74) is 11.9. The van der Waals surface area contributed by atoms with Crippen molar-refractivity contribution in [1.82, 2.24) is 0 Å². The van der Waals surface area contributed by atoms with Gasteiger partial charge in [0.1, 0.15) is 0 Å². The molecule has 6 aromatic rings. The molecule has 4 atom stereocenters. The lowest BCUT2D eigenvalue weighted by molar-refractivity contribution is 0.462. The molecule has 0 amide bonds. The van der Waals surface area contributed by atoms with Crippen LogP contribution in [-0.2, 0) is 0 Å². The predicted octanol–water partition coefficient (Wildman–Crippen LogP) is 24.8. The molecule has 2 aliphatic rings. The lowest BCUT2D eigenvalue weighted by Crippen LogP contribution is -2.23. The van der Waals surface area contributed by atoms with E-state index >= 15 is 0 Å². The van der Waals surface area contributed by atoms with Gasteiger partial charge < -0.3 is 42.5 Å². The number of para-hydroxylation sites is 2. The maximum absolute atomic E-state index is 3.68. The maximum Gasteiger partial charge on any atom is 0.0385 e. The number of hydrogen-bond donors (Lipinski definition) is 8. The molecule has 0 aliphatic heterocycles. The normalized spacial score (nSPS) is 14.5. The minimum absolute atomic E-state index is 0.554. The van der Waals surface area contributed by atoms with Gasteiger partial charge >= 0.3 is 0 Å². The molecule has 2 fully saturated rings. The molecule has 8 rings (SSSR count). The summed E-state index contributed by atoms with van der Waals surface area (Å²) in [5, 5.41) is 28.6. The predicted molar refractivity (Wildman–Crippen MR) is 394 cm³/mol. The molecule has 8 nitrogen and oxygen atoms in total. The summed E-state index contributed by atoms with van der Waals surface area (Å²) in [6, 6.07) is 58.8. The van der Waals surface area contributed by atoms with E-state index in [0.29, 0.717) is 36.3 Å². The second-order valence-electron chi connectivity index (χ2n) is 25.8. The van der Waals surface area contributed by atoms with E-state index in [1.807, 2.05) is 36.4 Å². The molecular formula is C80H124N8. The van der Waals surface area contributed by atoms with E-state index < -0.39 is 0 Å². The molecule has 484 valence electrons. The number of anilines is 10. The molecule has 2 aliphatic carbocycles. The topological polar surface area (TPSA) is 96.2 Å². The Morgan fingerprint density at radius 3 is 0.739 bits per heavy atom. The van der Waals surface area contributed by atoms with Crippen LogP contribution < -0.4 is 42.5 Å². The number of benzene rings is 6. The first-order chi connectivity index (χ1) is 43.1. The highest BCUT2D eigenvalue weighted by Gasteiger charge is 2.15. The standard InChI is InChI=1S/2C22H40N2.C18H28N2.C18H16N2/c2*1-5-7-9-11-13-19(3)23-21-15-17-22(18-16-21)24-20(4)14-12-10-8-6-2;2*1-3-7-15(8-4-1)19-17-11-13-18(14-12-17)20-16-9-5-2-6-10-16/h2*15-20,23-24H,5-14H2,1-4H3;11-16,19-20H,1-10H2;1-14,19-20H. The van der Waals surface area contributed by atoms with Crippen LogP contribution in [-0.4, -0.2) is 36.3 Å². The highest BCUT2D eigenvalue weighted by molar-refractivity contribution is 5.66. The largest absolute Gasteiger partial charge is 0.383 e. The number of hydrogen-bond acceptors (Lipinski definition) is 8. The van der Waals surface area contributed by atoms with Crippen LogP contribution in [0.2, 0.25) is 0 Å². The van der Waals surface area contributed by atoms with Crippen molar-refractivity contribution in [1.29, 1.82) is 0 Å². The van der Waals surface area contributed by atoms with Crippen molar-refractivity contribution in [2.75, 3.05) is 42.5 Å². The zero-order valence-electron chi connectivity index (χ0n) is 56.7. The number of unbranched alkanes of at least 4 members (excludes halogenated alkanes) is 12. The van der Waals surface area contributed by atoms with Crippen LogP contribution in [0.15, 0.2) is 158 Å². The Morgan fingerprint density at radius 1 is 0.261 bits per heavy atom. The summed E-state index contributed by atoms with van der Waals surface area (Å²) < 4.78 is 0. The molecule has 0 spiro atoms. The molecule has 0 aromatic heterocycles. The number of rotatable bonds is 36. The van der Waals surface area contributed by atoms with Gasteiger partial charge in [-0.15, -0.1) is 0 Å². The van der Waals surface area contributed by atoms with Crippen LogP contribution in [0.5, 0.6) is 0 Å². The molecule has 8 heteroatoms. The summed E-state index contributed by atoms with van der Waals surface area (Å²) in [4.78, 5) is 0. The first-order valence-electron chi connectivity index (χ1n) is 35.7. The van der Waals surface area contributed by atoms with Crippen molar-refractivity contribution in [2.45, 2.75) is 284 Å². The monoisotopic (exact) mass is 1200 g/mol. The average molecular weight is 1200 g/mol. The molecule has 88 heavy (non-hydrogen) atoms. The van der Waals surface area contributed by atoms with Gasteiger partial charge in [-0.2, -0.15) is 0 Å². The maximum atomic E-state index is 3.68. The molecule has 0 heterocycles. The first kappa shape index (κ1) is 72.5. The summed E-state index contributed by atoms with van der Waals surface area (Å²) in [5.74, 6) is 0. The number of nitrogens with one attached hydrogen (secondary N) is 8. The van der Waals surface area contributed by atoms with E-state index in [1.54, 1.807) is 0 Å². The molecule has 0 radical (unpaired) electrons. The third kappa shape index (κ3) is 33.3. The van der Waals surface area contributed by atoms with Gasteiger partial charge in [0.05, 0.1) is 0 Å². The summed E-state index contributed by atoms with van der Waals surface area (Å²) in [6.45, 7) is 18.2. The average Bonchev–Trinajstić information content (AvgIpc) is 3.58. The molecule has 2 saturated carbocycles. The second kappa shape index (κ2) is 45.9. The van der Waals surface area contributed by atoms with Crippen LogP contribution in [0.3, 0.4) is 0 Å². The minimum atomic E-state index is 0.554. The van der Waals surface area contributed by atoms with Crippen LogP contribution in [0, 0.1) is 0 Å². The quantitative estimate of drug-likeness (QED) is 0.0184. The van der Waals surface area contributed by atoms with E-state index in [4.69, 9.17) is 0 Å². The van der Waals surface area contributed by atoms with Crippen molar-refractivity contribution in [2.24, 2.45) is 0 Å². The third-order valence-corrected chi connectivity index (χ3v) is 17.2. The fraction of sp³-hybridized carbons (Fsp3) is 0.550. The van der Waals surface area contributed by atoms with Crippen molar-refractivity contribution in [3.8, 4) is 0 Å². The lowest BCUT2D eigenvalue weighted by Gasteiger charge is -2.25. The molecule has 4 unspecified atom stereocenters. The first-order valence-corrected chi connectivity index (χ1v) is 35.7. The van der Waals surface area contributed by atoms with Crippen LogP contribution in [0.1, 0.15) is 248 Å². The van der Waals surface area contributed by atoms with Gasteiger partial charge in [-0.3, -0.25) is 0 Å². The zero-order valence-corrected chi connectivity index (χ0v) is 56.7.